The number of hydrogen-bond donors (Lipinski definition) is 0. The third kappa shape index (κ3) is 3.25. The lowest BCUT2D eigenvalue weighted by atomic mass is 9.95. The number of aryl methyl sites for hydroxylation is 1. The molecule has 2 atom stereocenters. The second-order valence-electron chi connectivity index (χ2n) is 7.39. The first kappa shape index (κ1) is 18.1. The lowest BCUT2D eigenvalue weighted by molar-refractivity contribution is -0.00455. The summed E-state index contributed by atoms with van der Waals surface area (Å²) in [7, 11) is 0. The van der Waals surface area contributed by atoms with Crippen LogP contribution in [0.2, 0.25) is 0 Å². The van der Waals surface area contributed by atoms with Gasteiger partial charge in [0.2, 0.25) is 5.78 Å². The molecule has 144 valence electrons. The first-order valence-corrected chi connectivity index (χ1v) is 10.4. The predicted octanol–water partition coefficient (Wildman–Crippen LogP) is 5.51. The van der Waals surface area contributed by atoms with E-state index in [1.165, 1.54) is 5.56 Å². The zero-order chi connectivity index (χ0) is 20.0. The van der Waals surface area contributed by atoms with Crippen LogP contribution in [0.25, 0.3) is 0 Å². The van der Waals surface area contributed by atoms with Crippen LogP contribution in [-0.4, -0.2) is 22.7 Å². The maximum absolute atomic E-state index is 13.3. The van der Waals surface area contributed by atoms with E-state index >= 15 is 0 Å². The fourth-order valence-electron chi connectivity index (χ4n) is 3.88. The number of Topliss-reactive ketones (excluding diaryl/α,β-unsaturated/α-hetero) is 1. The summed E-state index contributed by atoms with van der Waals surface area (Å²) < 4.78 is 7.09. The molecule has 2 aliphatic rings. The van der Waals surface area contributed by atoms with Gasteiger partial charge in [-0.05, 0) is 30.7 Å². The maximum Gasteiger partial charge on any atom is 0.251 e. The van der Waals surface area contributed by atoms with Crippen LogP contribution in [-0.2, 0) is 0 Å². The Bertz CT molecular complexity index is 1110. The molecule has 0 aromatic heterocycles. The Hall–Kier alpha value is -2.92. The highest BCUT2D eigenvalue weighted by atomic mass is 79.9. The molecular weight excluding hydrogens is 428 g/mol. The van der Waals surface area contributed by atoms with Crippen LogP contribution < -0.4 is 4.74 Å². The van der Waals surface area contributed by atoms with Crippen molar-refractivity contribution in [2.24, 2.45) is 5.10 Å². The van der Waals surface area contributed by atoms with Gasteiger partial charge in [-0.25, -0.2) is 5.01 Å². The Morgan fingerprint density at radius 1 is 1.03 bits per heavy atom. The third-order valence-corrected chi connectivity index (χ3v) is 5.97. The quantitative estimate of drug-likeness (QED) is 0.498. The minimum atomic E-state index is -0.779. The summed E-state index contributed by atoms with van der Waals surface area (Å²) in [6.45, 7) is 2.07. The van der Waals surface area contributed by atoms with E-state index < -0.39 is 6.23 Å². The van der Waals surface area contributed by atoms with Gasteiger partial charge >= 0.3 is 0 Å². The number of hydrazone groups is 1. The van der Waals surface area contributed by atoms with Gasteiger partial charge in [-0.15, -0.1) is 0 Å². The van der Waals surface area contributed by atoms with E-state index in [0.717, 1.165) is 33.5 Å². The molecule has 0 N–H and O–H groups in total. The number of ketones is 1. The fourth-order valence-corrected chi connectivity index (χ4v) is 4.15. The van der Waals surface area contributed by atoms with E-state index in [4.69, 9.17) is 9.84 Å². The monoisotopic (exact) mass is 446 g/mol. The molecule has 0 radical (unpaired) electrons. The summed E-state index contributed by atoms with van der Waals surface area (Å²) >= 11 is 3.42. The number of fused-ring (bicyclic) bond motifs is 3. The van der Waals surface area contributed by atoms with Gasteiger partial charge < -0.3 is 4.74 Å². The van der Waals surface area contributed by atoms with Crippen molar-refractivity contribution < 1.29 is 9.53 Å². The summed E-state index contributed by atoms with van der Waals surface area (Å²) in [6, 6.07) is 23.6. The Labute approximate surface area is 177 Å². The highest BCUT2D eigenvalue weighted by molar-refractivity contribution is 9.10. The molecule has 0 fully saturated rings. The molecule has 0 aliphatic carbocycles. The van der Waals surface area contributed by atoms with Crippen molar-refractivity contribution in [1.29, 1.82) is 0 Å². The van der Waals surface area contributed by atoms with E-state index in [9.17, 15) is 4.79 Å². The minimum Gasteiger partial charge on any atom is -0.461 e. The molecule has 5 heteroatoms. The fraction of sp³-hybridized carbons (Fsp3) is 0.167. The molecule has 0 saturated heterocycles. The van der Waals surface area contributed by atoms with Crippen molar-refractivity contribution in [2.45, 2.75) is 25.6 Å². The zero-order valence-electron chi connectivity index (χ0n) is 15.9. The standard InChI is InChI=1S/C24H19BrN2O2/c1-15-6-8-16(9-7-15)20-14-21-19-4-2-3-5-22(19)29-24(27(21)26-20)23(28)17-10-12-18(25)13-11-17/h2-13,21,24H,14H2,1H3/t21-,24+/m1/s1. The van der Waals surface area contributed by atoms with Gasteiger partial charge in [-0.1, -0.05) is 76.1 Å². The predicted molar refractivity (Wildman–Crippen MR) is 116 cm³/mol. The highest BCUT2D eigenvalue weighted by Gasteiger charge is 2.43. The molecule has 2 aliphatic heterocycles. The summed E-state index contributed by atoms with van der Waals surface area (Å²) in [4.78, 5) is 13.3. The van der Waals surface area contributed by atoms with Gasteiger partial charge in [0.05, 0.1) is 11.8 Å². The van der Waals surface area contributed by atoms with E-state index in [0.29, 0.717) is 5.56 Å². The average molecular weight is 447 g/mol. The normalized spacial score (nSPS) is 19.8. The molecule has 0 amide bonds. The molecule has 0 bridgehead atoms. The number of nitrogens with zero attached hydrogens (tertiary/aromatic N) is 2. The van der Waals surface area contributed by atoms with Crippen molar-refractivity contribution in [3.63, 3.8) is 0 Å². The Morgan fingerprint density at radius 2 is 1.76 bits per heavy atom. The summed E-state index contributed by atoms with van der Waals surface area (Å²) in [5.41, 5.74) is 4.94. The van der Waals surface area contributed by atoms with Gasteiger partial charge in [0.1, 0.15) is 5.75 Å². The SMILES string of the molecule is Cc1ccc(C2=NN3[C@H](C2)c2ccccc2O[C@H]3C(=O)c2ccc(Br)cc2)cc1. The number of halogens is 1. The molecule has 0 saturated carbocycles. The van der Waals surface area contributed by atoms with Crippen LogP contribution in [0, 0.1) is 6.92 Å². The largest absolute Gasteiger partial charge is 0.461 e. The zero-order valence-corrected chi connectivity index (χ0v) is 17.5. The number of hydrogen-bond acceptors (Lipinski definition) is 4. The Balaban J connectivity index is 1.55. The first-order chi connectivity index (χ1) is 14.1. The molecule has 3 aromatic carbocycles. The second kappa shape index (κ2) is 7.16. The molecular formula is C24H19BrN2O2. The molecule has 29 heavy (non-hydrogen) atoms. The average Bonchev–Trinajstić information content (AvgIpc) is 3.19. The number of carbonyl (C=O) groups excluding carboxylic acids is 1. The summed E-state index contributed by atoms with van der Waals surface area (Å²) in [5, 5.41) is 6.68. The molecule has 0 unspecified atom stereocenters. The van der Waals surface area contributed by atoms with Crippen LogP contribution >= 0.6 is 15.9 Å². The van der Waals surface area contributed by atoms with Gasteiger partial charge in [-0.3, -0.25) is 4.79 Å². The van der Waals surface area contributed by atoms with Crippen molar-refractivity contribution in [3.05, 3.63) is 99.5 Å². The van der Waals surface area contributed by atoms with Crippen LogP contribution in [0.15, 0.2) is 82.4 Å². The Kier molecular flexibility index (Phi) is 4.47. The lowest BCUT2D eigenvalue weighted by Crippen LogP contribution is -2.45. The number of benzene rings is 3. The highest BCUT2D eigenvalue weighted by Crippen LogP contribution is 2.43. The van der Waals surface area contributed by atoms with Gasteiger partial charge in [0, 0.05) is 22.0 Å². The van der Waals surface area contributed by atoms with E-state index in [-0.39, 0.29) is 11.8 Å². The second-order valence-corrected chi connectivity index (χ2v) is 8.31. The number of ether oxygens (including phenoxy) is 1. The molecule has 0 spiro atoms. The van der Waals surface area contributed by atoms with Crippen LogP contribution in [0.5, 0.6) is 5.75 Å². The number of rotatable bonds is 3. The first-order valence-electron chi connectivity index (χ1n) is 9.58. The van der Waals surface area contributed by atoms with Gasteiger partial charge in [0.15, 0.2) is 0 Å². The summed E-state index contributed by atoms with van der Waals surface area (Å²) in [6.07, 6.45) is -0.0351. The summed E-state index contributed by atoms with van der Waals surface area (Å²) in [5.74, 6) is 0.662. The topological polar surface area (TPSA) is 41.9 Å². The molecule has 2 heterocycles. The van der Waals surface area contributed by atoms with E-state index in [1.54, 1.807) is 0 Å². The van der Waals surface area contributed by atoms with Gasteiger partial charge in [0.25, 0.3) is 6.23 Å². The van der Waals surface area contributed by atoms with Crippen LogP contribution in [0.1, 0.15) is 39.5 Å². The third-order valence-electron chi connectivity index (χ3n) is 5.44. The Morgan fingerprint density at radius 3 is 2.52 bits per heavy atom. The van der Waals surface area contributed by atoms with E-state index in [2.05, 4.69) is 53.2 Å². The van der Waals surface area contributed by atoms with Gasteiger partial charge in [-0.2, -0.15) is 5.10 Å². The molecule has 4 nitrogen and oxygen atoms in total. The van der Waals surface area contributed by atoms with E-state index in [1.807, 2.05) is 47.5 Å². The smallest absolute Gasteiger partial charge is 0.251 e. The number of para-hydroxylation sites is 1. The van der Waals surface area contributed by atoms with Crippen molar-refractivity contribution in [1.82, 2.24) is 5.01 Å². The minimum absolute atomic E-state index is 0.0133. The molecule has 3 aromatic rings. The van der Waals surface area contributed by atoms with Crippen LogP contribution in [0.3, 0.4) is 0 Å². The molecule has 5 rings (SSSR count). The maximum atomic E-state index is 13.3. The number of carbonyl (C=O) groups is 1. The van der Waals surface area contributed by atoms with Crippen molar-refractivity contribution in [2.75, 3.05) is 0 Å². The van der Waals surface area contributed by atoms with Crippen LogP contribution in [0.4, 0.5) is 0 Å². The van der Waals surface area contributed by atoms with Crippen molar-refractivity contribution in [3.8, 4) is 5.75 Å². The van der Waals surface area contributed by atoms with Crippen molar-refractivity contribution >= 4 is 27.4 Å². The lowest BCUT2D eigenvalue weighted by Gasteiger charge is -2.37.